The third-order valence-electron chi connectivity index (χ3n) is 1.87. The first-order valence-corrected chi connectivity index (χ1v) is 6.83. The zero-order chi connectivity index (χ0) is 14.3. The van der Waals surface area contributed by atoms with E-state index in [-0.39, 0.29) is 11.8 Å². The van der Waals surface area contributed by atoms with Gasteiger partial charge in [0.2, 0.25) is 5.91 Å². The molecule has 0 radical (unpaired) electrons. The van der Waals surface area contributed by atoms with Crippen molar-refractivity contribution in [1.82, 2.24) is 10.6 Å². The number of carbonyl (C=O) groups excluding carboxylic acids is 2. The lowest BCUT2D eigenvalue weighted by molar-refractivity contribution is -0.140. The van der Waals surface area contributed by atoms with E-state index in [0.29, 0.717) is 0 Å². The molecule has 3 amide bonds. The van der Waals surface area contributed by atoms with Gasteiger partial charge in [-0.25, -0.2) is 9.59 Å². The van der Waals surface area contributed by atoms with Crippen LogP contribution in [-0.4, -0.2) is 51.3 Å². The summed E-state index contributed by atoms with van der Waals surface area (Å²) >= 11 is 0. The molecule has 0 aromatic carbocycles. The van der Waals surface area contributed by atoms with Crippen LogP contribution >= 0.6 is 0 Å². The van der Waals surface area contributed by atoms with Crippen molar-refractivity contribution in [1.29, 1.82) is 0 Å². The summed E-state index contributed by atoms with van der Waals surface area (Å²) in [5, 5.41) is 13.3. The van der Waals surface area contributed by atoms with Crippen LogP contribution in [0.3, 0.4) is 0 Å². The smallest absolute Gasteiger partial charge is 0.326 e. The molecule has 104 valence electrons. The Balaban J connectivity index is 4.29. The van der Waals surface area contributed by atoms with Crippen LogP contribution in [0.15, 0.2) is 0 Å². The Bertz CT molecular complexity index is 360. The van der Waals surface area contributed by atoms with Gasteiger partial charge in [-0.15, -0.1) is 0 Å². The lowest BCUT2D eigenvalue weighted by Gasteiger charge is -2.16. The second kappa shape index (κ2) is 7.64. The Morgan fingerprint density at radius 2 is 1.89 bits per heavy atom. The number of urea groups is 1. The highest BCUT2D eigenvalue weighted by molar-refractivity contribution is 7.84. The van der Waals surface area contributed by atoms with Gasteiger partial charge in [0, 0.05) is 28.9 Å². The molecule has 3 atom stereocenters. The van der Waals surface area contributed by atoms with E-state index in [0.717, 1.165) is 0 Å². The largest absolute Gasteiger partial charge is 0.480 e. The molecule has 18 heavy (non-hydrogen) atoms. The zero-order valence-corrected chi connectivity index (χ0v) is 11.0. The average Bonchev–Trinajstić information content (AvgIpc) is 2.13. The molecule has 0 fully saturated rings. The molecule has 0 rings (SSSR count). The highest BCUT2D eigenvalue weighted by Crippen LogP contribution is 1.93. The molecular weight excluding hydrogens is 262 g/mol. The van der Waals surface area contributed by atoms with E-state index in [9.17, 15) is 18.6 Å². The third-order valence-corrected chi connectivity index (χ3v) is 2.84. The fourth-order valence-electron chi connectivity index (χ4n) is 1.22. The van der Waals surface area contributed by atoms with E-state index in [1.165, 1.54) is 6.26 Å². The van der Waals surface area contributed by atoms with Crippen molar-refractivity contribution < 1.29 is 23.7 Å². The molecule has 9 heteroatoms. The summed E-state index contributed by atoms with van der Waals surface area (Å²) in [5.74, 6) is -1.93. The summed E-state index contributed by atoms with van der Waals surface area (Å²) in [7, 11) is -1.08. The van der Waals surface area contributed by atoms with Crippen LogP contribution < -0.4 is 16.4 Å². The Hall–Kier alpha value is -1.64. The standard InChI is InChI=1S/C9H17N3O5S/c1-5(4-18(2)17)11-9(16)12-6(8(14)15)3-7(10)13/h5-6H,3-4H2,1-2H3,(H2,10,13)(H,14,15)(H2,11,12,16)/t5?,6-,18?/m1/s1. The molecule has 0 saturated carbocycles. The second-order valence-electron chi connectivity index (χ2n) is 3.82. The average molecular weight is 279 g/mol. The highest BCUT2D eigenvalue weighted by atomic mass is 32.2. The Labute approximate surface area is 107 Å². The van der Waals surface area contributed by atoms with E-state index < -0.39 is 41.2 Å². The van der Waals surface area contributed by atoms with Crippen molar-refractivity contribution >= 4 is 28.7 Å². The quantitative estimate of drug-likeness (QED) is 0.443. The molecule has 0 heterocycles. The van der Waals surface area contributed by atoms with Crippen molar-refractivity contribution in [2.45, 2.75) is 25.4 Å². The molecule has 5 N–H and O–H groups in total. The number of aliphatic carboxylic acids is 1. The molecule has 0 aliphatic heterocycles. The Morgan fingerprint density at radius 1 is 1.33 bits per heavy atom. The van der Waals surface area contributed by atoms with E-state index >= 15 is 0 Å². The van der Waals surface area contributed by atoms with Crippen LogP contribution in [0.1, 0.15) is 13.3 Å². The van der Waals surface area contributed by atoms with Crippen molar-refractivity contribution in [3.05, 3.63) is 0 Å². The molecule has 2 unspecified atom stereocenters. The number of nitrogens with one attached hydrogen (secondary N) is 2. The number of hydrogen-bond acceptors (Lipinski definition) is 4. The van der Waals surface area contributed by atoms with Crippen LogP contribution in [0.2, 0.25) is 0 Å². The van der Waals surface area contributed by atoms with Gasteiger partial charge in [-0.3, -0.25) is 9.00 Å². The van der Waals surface area contributed by atoms with Gasteiger partial charge in [-0.2, -0.15) is 0 Å². The van der Waals surface area contributed by atoms with E-state index in [2.05, 4.69) is 10.6 Å². The van der Waals surface area contributed by atoms with Gasteiger partial charge in [0.1, 0.15) is 6.04 Å². The van der Waals surface area contributed by atoms with Crippen molar-refractivity contribution in [3.8, 4) is 0 Å². The molecule has 0 aromatic heterocycles. The molecule has 0 aromatic rings. The molecular formula is C9H17N3O5S. The highest BCUT2D eigenvalue weighted by Gasteiger charge is 2.22. The third kappa shape index (κ3) is 7.60. The van der Waals surface area contributed by atoms with Crippen molar-refractivity contribution in [2.24, 2.45) is 5.73 Å². The monoisotopic (exact) mass is 279 g/mol. The molecule has 0 spiro atoms. The number of carboxylic acid groups (broad SMARTS) is 1. The molecule has 0 bridgehead atoms. The van der Waals surface area contributed by atoms with Crippen LogP contribution in [-0.2, 0) is 20.4 Å². The van der Waals surface area contributed by atoms with Gasteiger partial charge in [-0.1, -0.05) is 0 Å². The number of carboxylic acids is 1. The number of primary amides is 1. The minimum Gasteiger partial charge on any atom is -0.480 e. The first-order valence-electron chi connectivity index (χ1n) is 5.10. The fourth-order valence-corrected chi connectivity index (χ4v) is 2.01. The fraction of sp³-hybridized carbons (Fsp3) is 0.667. The van der Waals surface area contributed by atoms with Crippen LogP contribution in [0, 0.1) is 0 Å². The first-order chi connectivity index (χ1) is 8.22. The summed E-state index contributed by atoms with van der Waals surface area (Å²) < 4.78 is 10.9. The lowest BCUT2D eigenvalue weighted by atomic mass is 10.2. The molecule has 0 aliphatic carbocycles. The summed E-state index contributed by atoms with van der Waals surface area (Å²) in [6.07, 6.45) is 1.00. The van der Waals surface area contributed by atoms with Crippen LogP contribution in [0.25, 0.3) is 0 Å². The van der Waals surface area contributed by atoms with Gasteiger partial charge in [0.05, 0.1) is 6.42 Å². The van der Waals surface area contributed by atoms with Crippen molar-refractivity contribution in [2.75, 3.05) is 12.0 Å². The predicted octanol–water partition coefficient (Wildman–Crippen LogP) is -1.62. The predicted molar refractivity (Wildman–Crippen MR) is 65.3 cm³/mol. The van der Waals surface area contributed by atoms with Gasteiger partial charge in [-0.05, 0) is 6.92 Å². The minimum absolute atomic E-state index is 0.251. The number of nitrogens with two attached hydrogens (primary N) is 1. The number of amides is 3. The molecule has 0 aliphatic rings. The minimum atomic E-state index is -1.37. The van der Waals surface area contributed by atoms with Gasteiger partial charge in [0.15, 0.2) is 0 Å². The maximum Gasteiger partial charge on any atom is 0.326 e. The first kappa shape index (κ1) is 16.4. The molecule has 8 nitrogen and oxygen atoms in total. The van der Waals surface area contributed by atoms with Crippen molar-refractivity contribution in [3.63, 3.8) is 0 Å². The summed E-state index contributed by atoms with van der Waals surface area (Å²) in [6.45, 7) is 1.63. The number of carbonyl (C=O) groups is 3. The van der Waals surface area contributed by atoms with Gasteiger partial charge >= 0.3 is 12.0 Å². The Morgan fingerprint density at radius 3 is 2.28 bits per heavy atom. The van der Waals surface area contributed by atoms with Gasteiger partial charge < -0.3 is 21.5 Å². The van der Waals surface area contributed by atoms with E-state index in [4.69, 9.17) is 10.8 Å². The number of rotatable bonds is 7. The number of hydrogen-bond donors (Lipinski definition) is 4. The van der Waals surface area contributed by atoms with Crippen LogP contribution in [0.4, 0.5) is 4.79 Å². The maximum atomic E-state index is 11.4. The summed E-state index contributed by atoms with van der Waals surface area (Å²) in [4.78, 5) is 32.7. The summed E-state index contributed by atoms with van der Waals surface area (Å²) in [5.41, 5.74) is 4.86. The maximum absolute atomic E-state index is 11.4. The second-order valence-corrected chi connectivity index (χ2v) is 5.30. The van der Waals surface area contributed by atoms with E-state index in [1.807, 2.05) is 0 Å². The summed E-state index contributed by atoms with van der Waals surface area (Å²) in [6, 6.07) is -2.50. The SMILES string of the molecule is CC(CS(C)=O)NC(=O)N[C@H](CC(N)=O)C(=O)O. The van der Waals surface area contributed by atoms with Crippen LogP contribution in [0.5, 0.6) is 0 Å². The molecule has 0 saturated heterocycles. The normalized spacial score (nSPS) is 15.2. The van der Waals surface area contributed by atoms with E-state index in [1.54, 1.807) is 6.92 Å². The lowest BCUT2D eigenvalue weighted by Crippen LogP contribution is -2.50. The zero-order valence-electron chi connectivity index (χ0n) is 10.1. The van der Waals surface area contributed by atoms with Gasteiger partial charge in [0.25, 0.3) is 0 Å². The topological polar surface area (TPSA) is 139 Å². The Kier molecular flexibility index (Phi) is 6.94.